The van der Waals surface area contributed by atoms with Crippen LogP contribution in [0.25, 0.3) is 0 Å². The van der Waals surface area contributed by atoms with Crippen molar-refractivity contribution in [3.8, 4) is 0 Å². The van der Waals surface area contributed by atoms with E-state index >= 15 is 0 Å². The summed E-state index contributed by atoms with van der Waals surface area (Å²) >= 11 is 10.2. The number of likely N-dealkylation sites (N-methyl/N-ethyl adjacent to an activating group) is 1. The van der Waals surface area contributed by atoms with Gasteiger partial charge in [-0.25, -0.2) is 0 Å². The molecule has 0 heterocycles. The Labute approximate surface area is 112 Å². The van der Waals surface area contributed by atoms with Crippen LogP contribution >= 0.6 is 24.2 Å². The fourth-order valence-corrected chi connectivity index (χ4v) is 1.85. The first kappa shape index (κ1) is 14.4. The highest BCUT2D eigenvalue weighted by Gasteiger charge is 2.16. The Hall–Kier alpha value is -0.710. The number of carbonyl (C=O) groups is 1. The summed E-state index contributed by atoms with van der Waals surface area (Å²) < 4.78 is 4.97. The van der Waals surface area contributed by atoms with Crippen molar-refractivity contribution < 1.29 is 9.53 Å². The van der Waals surface area contributed by atoms with Crippen LogP contribution in [0.2, 0.25) is 5.02 Å². The van der Waals surface area contributed by atoms with Crippen molar-refractivity contribution in [2.24, 2.45) is 0 Å². The van der Waals surface area contributed by atoms with Crippen LogP contribution in [-0.2, 0) is 4.74 Å². The highest BCUT2D eigenvalue weighted by atomic mass is 35.5. The van der Waals surface area contributed by atoms with Crippen molar-refractivity contribution in [1.29, 1.82) is 0 Å². The number of amides is 1. The largest absolute Gasteiger partial charge is 0.383 e. The predicted molar refractivity (Wildman–Crippen MR) is 72.2 cm³/mol. The lowest BCUT2D eigenvalue weighted by atomic mass is 10.2. The minimum atomic E-state index is -0.0922. The molecule has 17 heavy (non-hydrogen) atoms. The molecule has 1 aromatic carbocycles. The minimum Gasteiger partial charge on any atom is -0.383 e. The number of halogens is 1. The van der Waals surface area contributed by atoms with Crippen molar-refractivity contribution >= 4 is 30.1 Å². The molecule has 0 saturated carbocycles. The number of rotatable bonds is 5. The van der Waals surface area contributed by atoms with Gasteiger partial charge in [-0.2, -0.15) is 0 Å². The molecule has 0 aliphatic rings. The lowest BCUT2D eigenvalue weighted by molar-refractivity contribution is 0.0706. The number of methoxy groups -OCH3 is 1. The van der Waals surface area contributed by atoms with E-state index in [0.717, 1.165) is 4.90 Å². The van der Waals surface area contributed by atoms with E-state index in [1.54, 1.807) is 30.2 Å². The van der Waals surface area contributed by atoms with Crippen LogP contribution in [0.5, 0.6) is 0 Å². The SMILES string of the molecule is CCN(CCOC)C(=O)c1cc(S)ccc1Cl. The van der Waals surface area contributed by atoms with Gasteiger partial charge in [-0.1, -0.05) is 11.6 Å². The molecule has 0 aromatic heterocycles. The maximum atomic E-state index is 12.2. The molecule has 5 heteroatoms. The van der Waals surface area contributed by atoms with Crippen LogP contribution in [0.4, 0.5) is 0 Å². The zero-order valence-electron chi connectivity index (χ0n) is 9.94. The minimum absolute atomic E-state index is 0.0922. The number of carbonyl (C=O) groups excluding carboxylic acids is 1. The van der Waals surface area contributed by atoms with E-state index in [9.17, 15) is 4.79 Å². The Bertz CT molecular complexity index is 398. The fraction of sp³-hybridized carbons (Fsp3) is 0.417. The molecule has 1 amide bonds. The van der Waals surface area contributed by atoms with Crippen LogP contribution in [0, 0.1) is 0 Å². The molecule has 0 N–H and O–H groups in total. The average Bonchev–Trinajstić information content (AvgIpc) is 2.33. The number of benzene rings is 1. The monoisotopic (exact) mass is 273 g/mol. The molecule has 1 aromatic rings. The summed E-state index contributed by atoms with van der Waals surface area (Å²) in [6, 6.07) is 5.12. The third-order valence-electron chi connectivity index (χ3n) is 2.41. The van der Waals surface area contributed by atoms with Gasteiger partial charge in [0.1, 0.15) is 0 Å². The van der Waals surface area contributed by atoms with Crippen LogP contribution in [0.15, 0.2) is 23.1 Å². The molecule has 1 rings (SSSR count). The predicted octanol–water partition coefficient (Wildman–Crippen LogP) is 2.74. The summed E-state index contributed by atoms with van der Waals surface area (Å²) in [6.07, 6.45) is 0. The van der Waals surface area contributed by atoms with Crippen molar-refractivity contribution in [2.45, 2.75) is 11.8 Å². The number of hydrogen-bond donors (Lipinski definition) is 1. The summed E-state index contributed by atoms with van der Waals surface area (Å²) in [5.41, 5.74) is 0.483. The molecule has 0 bridgehead atoms. The Kier molecular flexibility index (Phi) is 5.82. The molecule has 0 aliphatic heterocycles. The van der Waals surface area contributed by atoms with E-state index in [1.165, 1.54) is 0 Å². The van der Waals surface area contributed by atoms with E-state index in [0.29, 0.717) is 30.3 Å². The summed E-state index contributed by atoms with van der Waals surface area (Å²) in [4.78, 5) is 14.6. The number of ether oxygens (including phenoxy) is 1. The molecular weight excluding hydrogens is 258 g/mol. The molecule has 0 unspecified atom stereocenters. The maximum absolute atomic E-state index is 12.2. The first-order valence-electron chi connectivity index (χ1n) is 5.36. The van der Waals surface area contributed by atoms with E-state index in [-0.39, 0.29) is 5.91 Å². The molecular formula is C12H16ClNO2S. The second kappa shape index (κ2) is 6.89. The van der Waals surface area contributed by atoms with Gasteiger partial charge in [-0.3, -0.25) is 4.79 Å². The van der Waals surface area contributed by atoms with Gasteiger partial charge in [0.15, 0.2) is 0 Å². The maximum Gasteiger partial charge on any atom is 0.255 e. The molecule has 3 nitrogen and oxygen atoms in total. The second-order valence-electron chi connectivity index (χ2n) is 3.54. The Morgan fingerprint density at radius 1 is 1.53 bits per heavy atom. The Morgan fingerprint density at radius 2 is 2.24 bits per heavy atom. The first-order chi connectivity index (χ1) is 8.10. The highest BCUT2D eigenvalue weighted by molar-refractivity contribution is 7.80. The molecule has 0 atom stereocenters. The van der Waals surface area contributed by atoms with E-state index in [2.05, 4.69) is 12.6 Å². The molecule has 0 radical (unpaired) electrons. The zero-order chi connectivity index (χ0) is 12.8. The summed E-state index contributed by atoms with van der Waals surface area (Å²) in [6.45, 7) is 3.61. The van der Waals surface area contributed by atoms with Crippen molar-refractivity contribution in [1.82, 2.24) is 4.90 Å². The second-order valence-corrected chi connectivity index (χ2v) is 4.47. The van der Waals surface area contributed by atoms with Gasteiger partial charge in [0.2, 0.25) is 0 Å². The van der Waals surface area contributed by atoms with Gasteiger partial charge >= 0.3 is 0 Å². The molecule has 0 aliphatic carbocycles. The summed E-state index contributed by atoms with van der Waals surface area (Å²) in [5.74, 6) is -0.0922. The van der Waals surface area contributed by atoms with Crippen LogP contribution in [0.3, 0.4) is 0 Å². The topological polar surface area (TPSA) is 29.5 Å². The molecule has 0 saturated heterocycles. The van der Waals surface area contributed by atoms with Gasteiger partial charge < -0.3 is 9.64 Å². The van der Waals surface area contributed by atoms with Crippen molar-refractivity contribution in [3.63, 3.8) is 0 Å². The normalized spacial score (nSPS) is 10.4. The van der Waals surface area contributed by atoms with Crippen LogP contribution < -0.4 is 0 Å². The first-order valence-corrected chi connectivity index (χ1v) is 6.19. The van der Waals surface area contributed by atoms with E-state index in [1.807, 2.05) is 6.92 Å². The highest BCUT2D eigenvalue weighted by Crippen LogP contribution is 2.21. The fourth-order valence-electron chi connectivity index (χ4n) is 1.45. The van der Waals surface area contributed by atoms with Crippen molar-refractivity contribution in [2.75, 3.05) is 26.8 Å². The molecule has 94 valence electrons. The smallest absolute Gasteiger partial charge is 0.255 e. The van der Waals surface area contributed by atoms with Gasteiger partial charge in [0.25, 0.3) is 5.91 Å². The van der Waals surface area contributed by atoms with Gasteiger partial charge in [-0.15, -0.1) is 12.6 Å². The Balaban J connectivity index is 2.89. The average molecular weight is 274 g/mol. The quantitative estimate of drug-likeness (QED) is 0.836. The van der Waals surface area contributed by atoms with Crippen LogP contribution in [-0.4, -0.2) is 37.6 Å². The van der Waals surface area contributed by atoms with Gasteiger partial charge in [0.05, 0.1) is 17.2 Å². The number of hydrogen-bond acceptors (Lipinski definition) is 3. The van der Waals surface area contributed by atoms with Gasteiger partial charge in [-0.05, 0) is 25.1 Å². The zero-order valence-corrected chi connectivity index (χ0v) is 11.6. The van der Waals surface area contributed by atoms with E-state index < -0.39 is 0 Å². The number of thiol groups is 1. The lowest BCUT2D eigenvalue weighted by Crippen LogP contribution is -2.33. The van der Waals surface area contributed by atoms with Crippen LogP contribution in [0.1, 0.15) is 17.3 Å². The standard InChI is InChI=1S/C12H16ClNO2S/c1-3-14(6-7-16-2)12(15)10-8-9(17)4-5-11(10)13/h4-5,8,17H,3,6-7H2,1-2H3. The van der Waals surface area contributed by atoms with E-state index in [4.69, 9.17) is 16.3 Å². The van der Waals surface area contributed by atoms with Gasteiger partial charge in [0, 0.05) is 25.1 Å². The van der Waals surface area contributed by atoms with Crippen molar-refractivity contribution in [3.05, 3.63) is 28.8 Å². The summed E-state index contributed by atoms with van der Waals surface area (Å²) in [5, 5.41) is 0.448. The summed E-state index contributed by atoms with van der Waals surface area (Å²) in [7, 11) is 1.61. The molecule has 0 spiro atoms. The third-order valence-corrected chi connectivity index (χ3v) is 3.02. The lowest BCUT2D eigenvalue weighted by Gasteiger charge is -2.21. The Morgan fingerprint density at radius 3 is 2.82 bits per heavy atom. The third kappa shape index (κ3) is 3.91. The molecule has 0 fully saturated rings. The number of nitrogens with zero attached hydrogens (tertiary/aromatic N) is 1.